The van der Waals surface area contributed by atoms with Gasteiger partial charge in [-0.3, -0.25) is 19.2 Å². The fraction of sp³-hybridized carbons (Fsp3) is 0.333. The number of para-hydroxylation sites is 1. The molecule has 0 heterocycles. The SMILES string of the molecule is CNC(=O)CNC(=O)COC(=O)CNC(=O)c1ccccc1OC(F)F. The largest absolute Gasteiger partial charge is 0.454 e. The molecule has 0 spiro atoms. The zero-order valence-corrected chi connectivity index (χ0v) is 13.7. The van der Waals surface area contributed by atoms with E-state index in [0.29, 0.717) is 0 Å². The van der Waals surface area contributed by atoms with E-state index in [-0.39, 0.29) is 17.9 Å². The van der Waals surface area contributed by atoms with E-state index in [1.165, 1.54) is 31.3 Å². The summed E-state index contributed by atoms with van der Waals surface area (Å²) in [5.41, 5.74) is -0.191. The van der Waals surface area contributed by atoms with Crippen LogP contribution in [0.2, 0.25) is 0 Å². The van der Waals surface area contributed by atoms with Gasteiger partial charge in [0.05, 0.1) is 12.1 Å². The highest BCUT2D eigenvalue weighted by Gasteiger charge is 2.16. The Morgan fingerprint density at radius 2 is 1.73 bits per heavy atom. The second kappa shape index (κ2) is 10.6. The molecule has 0 unspecified atom stereocenters. The van der Waals surface area contributed by atoms with E-state index in [1.54, 1.807) is 0 Å². The molecule has 1 rings (SSSR count). The number of ether oxygens (including phenoxy) is 2. The van der Waals surface area contributed by atoms with Crippen LogP contribution in [-0.4, -0.2) is 57.0 Å². The minimum atomic E-state index is -3.11. The molecule has 11 heteroatoms. The first-order valence-corrected chi connectivity index (χ1v) is 7.28. The number of amides is 3. The number of carbonyl (C=O) groups excluding carboxylic acids is 4. The van der Waals surface area contributed by atoms with Crippen molar-refractivity contribution in [3.8, 4) is 5.75 Å². The molecule has 0 aliphatic rings. The van der Waals surface area contributed by atoms with E-state index in [9.17, 15) is 28.0 Å². The molecule has 26 heavy (non-hydrogen) atoms. The van der Waals surface area contributed by atoms with Gasteiger partial charge in [0.1, 0.15) is 12.3 Å². The Kier molecular flexibility index (Phi) is 8.47. The summed E-state index contributed by atoms with van der Waals surface area (Å²) in [6.07, 6.45) is 0. The summed E-state index contributed by atoms with van der Waals surface area (Å²) in [5.74, 6) is -3.24. The second-order valence-corrected chi connectivity index (χ2v) is 4.67. The Morgan fingerprint density at radius 1 is 1.04 bits per heavy atom. The molecule has 9 nitrogen and oxygen atoms in total. The molecule has 3 N–H and O–H groups in total. The van der Waals surface area contributed by atoms with Gasteiger partial charge in [-0.15, -0.1) is 0 Å². The fourth-order valence-electron chi connectivity index (χ4n) is 1.62. The summed E-state index contributed by atoms with van der Waals surface area (Å²) in [6.45, 7) is -4.62. The van der Waals surface area contributed by atoms with Gasteiger partial charge >= 0.3 is 12.6 Å². The van der Waals surface area contributed by atoms with Gasteiger partial charge in [-0.1, -0.05) is 12.1 Å². The fourth-order valence-corrected chi connectivity index (χ4v) is 1.62. The van der Waals surface area contributed by atoms with E-state index >= 15 is 0 Å². The smallest absolute Gasteiger partial charge is 0.387 e. The van der Waals surface area contributed by atoms with Crippen LogP contribution in [0.5, 0.6) is 5.75 Å². The Morgan fingerprint density at radius 3 is 2.38 bits per heavy atom. The summed E-state index contributed by atoms with van der Waals surface area (Å²) in [6, 6.07) is 5.25. The van der Waals surface area contributed by atoms with Crippen LogP contribution < -0.4 is 20.7 Å². The van der Waals surface area contributed by atoms with Crippen LogP contribution in [0.3, 0.4) is 0 Å². The first-order chi connectivity index (χ1) is 12.3. The Balaban J connectivity index is 2.42. The van der Waals surface area contributed by atoms with Crippen LogP contribution >= 0.6 is 0 Å². The van der Waals surface area contributed by atoms with E-state index in [4.69, 9.17) is 0 Å². The summed E-state index contributed by atoms with van der Waals surface area (Å²) in [4.78, 5) is 45.7. The molecule has 0 radical (unpaired) electrons. The van der Waals surface area contributed by atoms with Crippen molar-refractivity contribution in [3.05, 3.63) is 29.8 Å². The number of hydrogen-bond acceptors (Lipinski definition) is 6. The van der Waals surface area contributed by atoms with E-state index in [0.717, 1.165) is 0 Å². The maximum Gasteiger partial charge on any atom is 0.387 e. The molecular weight excluding hydrogens is 356 g/mol. The van der Waals surface area contributed by atoms with Crippen LogP contribution in [0.4, 0.5) is 8.78 Å². The molecule has 142 valence electrons. The van der Waals surface area contributed by atoms with Gasteiger partial charge in [-0.2, -0.15) is 8.78 Å². The van der Waals surface area contributed by atoms with Crippen molar-refractivity contribution in [1.82, 2.24) is 16.0 Å². The molecule has 0 atom stereocenters. The van der Waals surface area contributed by atoms with Gasteiger partial charge in [0.15, 0.2) is 6.61 Å². The Hall–Kier alpha value is -3.24. The molecule has 0 saturated carbocycles. The lowest BCUT2D eigenvalue weighted by molar-refractivity contribution is -0.147. The first kappa shape index (κ1) is 20.8. The number of hydrogen-bond donors (Lipinski definition) is 3. The van der Waals surface area contributed by atoms with Gasteiger partial charge in [-0.05, 0) is 12.1 Å². The maximum absolute atomic E-state index is 12.3. The number of carbonyl (C=O) groups is 4. The van der Waals surface area contributed by atoms with Crippen LogP contribution in [0.1, 0.15) is 10.4 Å². The van der Waals surface area contributed by atoms with Crippen LogP contribution in [0.25, 0.3) is 0 Å². The van der Waals surface area contributed by atoms with Crippen LogP contribution in [0.15, 0.2) is 24.3 Å². The molecule has 3 amide bonds. The van der Waals surface area contributed by atoms with E-state index in [1.807, 2.05) is 0 Å². The molecule has 1 aromatic rings. The third-order valence-electron chi connectivity index (χ3n) is 2.83. The molecular formula is C15H17F2N3O6. The number of likely N-dealkylation sites (N-methyl/N-ethyl adjacent to an activating group) is 1. The highest BCUT2D eigenvalue weighted by molar-refractivity contribution is 5.98. The topological polar surface area (TPSA) is 123 Å². The third-order valence-corrected chi connectivity index (χ3v) is 2.83. The van der Waals surface area contributed by atoms with Gasteiger partial charge < -0.3 is 25.4 Å². The summed E-state index contributed by atoms with van der Waals surface area (Å²) >= 11 is 0. The van der Waals surface area contributed by atoms with Gasteiger partial charge in [0.2, 0.25) is 5.91 Å². The molecule has 0 aromatic heterocycles. The number of benzene rings is 1. The first-order valence-electron chi connectivity index (χ1n) is 7.28. The third kappa shape index (κ3) is 7.55. The Labute approximate surface area is 147 Å². The molecule has 0 bridgehead atoms. The lowest BCUT2D eigenvalue weighted by Crippen LogP contribution is -2.38. The van der Waals surface area contributed by atoms with Gasteiger partial charge in [-0.25, -0.2) is 0 Å². The number of halogens is 2. The molecule has 1 aromatic carbocycles. The van der Waals surface area contributed by atoms with Crippen molar-refractivity contribution in [2.24, 2.45) is 0 Å². The summed E-state index contributed by atoms with van der Waals surface area (Å²) in [5, 5.41) is 6.65. The minimum absolute atomic E-state index is 0.191. The zero-order chi connectivity index (χ0) is 19.5. The van der Waals surface area contributed by atoms with Crippen LogP contribution in [0, 0.1) is 0 Å². The molecule has 0 aliphatic carbocycles. The highest BCUT2D eigenvalue weighted by atomic mass is 19.3. The lowest BCUT2D eigenvalue weighted by atomic mass is 10.2. The van der Waals surface area contributed by atoms with Crippen molar-refractivity contribution in [3.63, 3.8) is 0 Å². The Bertz CT molecular complexity index is 669. The highest BCUT2D eigenvalue weighted by Crippen LogP contribution is 2.19. The van der Waals surface area contributed by atoms with Crippen molar-refractivity contribution in [2.45, 2.75) is 6.61 Å². The van der Waals surface area contributed by atoms with Gasteiger partial charge in [0, 0.05) is 7.05 Å². The quantitative estimate of drug-likeness (QED) is 0.498. The monoisotopic (exact) mass is 373 g/mol. The number of alkyl halides is 2. The van der Waals surface area contributed by atoms with E-state index in [2.05, 4.69) is 25.4 Å². The molecule has 0 aliphatic heterocycles. The predicted molar refractivity (Wildman–Crippen MR) is 83.4 cm³/mol. The summed E-state index contributed by atoms with van der Waals surface area (Å²) < 4.78 is 33.4. The second-order valence-electron chi connectivity index (χ2n) is 4.67. The van der Waals surface area contributed by atoms with Crippen LogP contribution in [-0.2, 0) is 19.1 Å². The molecule has 0 fully saturated rings. The van der Waals surface area contributed by atoms with Crippen molar-refractivity contribution in [2.75, 3.05) is 26.7 Å². The summed E-state index contributed by atoms with van der Waals surface area (Å²) in [7, 11) is 1.39. The van der Waals surface area contributed by atoms with Crippen molar-refractivity contribution in [1.29, 1.82) is 0 Å². The van der Waals surface area contributed by atoms with Crippen molar-refractivity contribution >= 4 is 23.7 Å². The average molecular weight is 373 g/mol. The maximum atomic E-state index is 12.3. The number of rotatable bonds is 9. The zero-order valence-electron chi connectivity index (χ0n) is 13.7. The standard InChI is InChI=1S/C15H17F2N3O6/c1-18-11(21)6-19-12(22)8-25-13(23)7-20-14(24)9-4-2-3-5-10(9)26-15(16)17/h2-5,15H,6-8H2,1H3,(H,18,21)(H,19,22)(H,20,24). The predicted octanol–water partition coefficient (Wildman–Crippen LogP) is -0.577. The van der Waals surface area contributed by atoms with Crippen molar-refractivity contribution < 1.29 is 37.4 Å². The van der Waals surface area contributed by atoms with Gasteiger partial charge in [0.25, 0.3) is 11.8 Å². The average Bonchev–Trinajstić information content (AvgIpc) is 2.62. The normalized spacial score (nSPS) is 10.0. The number of esters is 1. The number of nitrogens with one attached hydrogen (secondary N) is 3. The van der Waals surface area contributed by atoms with E-state index < -0.39 is 43.5 Å². The lowest BCUT2D eigenvalue weighted by Gasteiger charge is -2.10. The minimum Gasteiger partial charge on any atom is -0.454 e. The molecule has 0 saturated heterocycles.